The van der Waals surface area contributed by atoms with Crippen molar-refractivity contribution in [1.82, 2.24) is 9.97 Å². The Labute approximate surface area is 123 Å². The molecular weight excluding hydrogens is 266 g/mol. The van der Waals surface area contributed by atoms with Gasteiger partial charge < -0.3 is 15.5 Å². The molecule has 4 N–H and O–H groups in total. The smallest absolute Gasteiger partial charge is 0.158 e. The van der Waals surface area contributed by atoms with Gasteiger partial charge >= 0.3 is 0 Å². The minimum absolute atomic E-state index is 0.346. The number of anilines is 2. The van der Waals surface area contributed by atoms with Crippen LogP contribution in [0.5, 0.6) is 0 Å². The molecule has 0 aliphatic heterocycles. The van der Waals surface area contributed by atoms with E-state index in [-0.39, 0.29) is 0 Å². The van der Waals surface area contributed by atoms with Gasteiger partial charge in [0.2, 0.25) is 0 Å². The fourth-order valence-electron chi connectivity index (χ4n) is 2.71. The average molecular weight is 285 g/mol. The first-order valence-electron chi connectivity index (χ1n) is 6.95. The summed E-state index contributed by atoms with van der Waals surface area (Å²) in [6, 6.07) is 10.7. The Morgan fingerprint density at radius 2 is 1.86 bits per heavy atom. The average Bonchev–Trinajstić information content (AvgIpc) is 2.89. The van der Waals surface area contributed by atoms with Crippen LogP contribution in [0.2, 0.25) is 0 Å². The molecule has 0 amide bonds. The number of hydrazine groups is 1. The Morgan fingerprint density at radius 3 is 2.48 bits per heavy atom. The molecular formula is C15H19N5O. The fraction of sp³-hybridized carbons (Fsp3) is 0.333. The van der Waals surface area contributed by atoms with E-state index in [1.807, 2.05) is 6.07 Å². The first kappa shape index (κ1) is 13.8. The summed E-state index contributed by atoms with van der Waals surface area (Å²) in [5, 5.41) is 3.46. The lowest BCUT2D eigenvalue weighted by molar-refractivity contribution is 0.178. The van der Waals surface area contributed by atoms with Crippen molar-refractivity contribution in [2.45, 2.75) is 25.5 Å². The molecule has 1 aromatic heterocycles. The molecule has 1 heterocycles. The van der Waals surface area contributed by atoms with Crippen LogP contribution in [-0.2, 0) is 24.2 Å². The minimum Gasteiger partial charge on any atom is -0.377 e. The highest BCUT2D eigenvalue weighted by Crippen LogP contribution is 2.24. The molecule has 6 heteroatoms. The number of nitrogen functional groups attached to an aromatic ring is 1. The number of methoxy groups -OCH3 is 1. The van der Waals surface area contributed by atoms with Gasteiger partial charge in [-0.15, -0.1) is 0 Å². The summed E-state index contributed by atoms with van der Waals surface area (Å²) in [6.07, 6.45) is 2.01. The molecule has 6 nitrogen and oxygen atoms in total. The van der Waals surface area contributed by atoms with Gasteiger partial charge in [-0.3, -0.25) is 0 Å². The van der Waals surface area contributed by atoms with Gasteiger partial charge in [0.15, 0.2) is 5.82 Å². The van der Waals surface area contributed by atoms with Gasteiger partial charge in [0.05, 0.1) is 0 Å². The predicted molar refractivity (Wildman–Crippen MR) is 81.8 cm³/mol. The van der Waals surface area contributed by atoms with E-state index in [0.29, 0.717) is 24.3 Å². The molecule has 0 bridgehead atoms. The molecule has 0 spiro atoms. The summed E-state index contributed by atoms with van der Waals surface area (Å²) in [5.74, 6) is 7.40. The summed E-state index contributed by atoms with van der Waals surface area (Å²) >= 11 is 0. The number of hydrogen-bond acceptors (Lipinski definition) is 6. The third-order valence-corrected chi connectivity index (χ3v) is 3.60. The Balaban J connectivity index is 1.75. The second-order valence-electron chi connectivity index (χ2n) is 5.15. The summed E-state index contributed by atoms with van der Waals surface area (Å²) < 4.78 is 5.08. The number of aromatic nitrogens is 2. The maximum absolute atomic E-state index is 5.45. The molecule has 110 valence electrons. The Hall–Kier alpha value is -2.18. The minimum atomic E-state index is 0.346. The molecule has 0 atom stereocenters. The van der Waals surface area contributed by atoms with E-state index in [1.165, 1.54) is 11.1 Å². The lowest BCUT2D eigenvalue weighted by Gasteiger charge is -2.14. The van der Waals surface area contributed by atoms with Gasteiger partial charge in [-0.05, 0) is 24.0 Å². The molecule has 0 saturated carbocycles. The van der Waals surface area contributed by atoms with Gasteiger partial charge in [0.1, 0.15) is 18.2 Å². The Bertz CT molecular complexity index is 606. The van der Waals surface area contributed by atoms with Crippen molar-refractivity contribution >= 4 is 11.6 Å². The standard InChI is InChI=1S/C15H19N5O/c1-21-9-15-18-13(8-14(19-15)20-16)17-12-6-10-4-2-3-5-11(10)7-12/h2-5,8,12H,6-7,9,16H2,1H3,(H2,17,18,19,20). The van der Waals surface area contributed by atoms with Crippen molar-refractivity contribution in [3.63, 3.8) is 0 Å². The number of benzene rings is 1. The topological polar surface area (TPSA) is 85.1 Å². The van der Waals surface area contributed by atoms with Crippen molar-refractivity contribution in [3.05, 3.63) is 47.3 Å². The van der Waals surface area contributed by atoms with Crippen LogP contribution in [0.25, 0.3) is 0 Å². The second-order valence-corrected chi connectivity index (χ2v) is 5.15. The van der Waals surface area contributed by atoms with Crippen LogP contribution in [-0.4, -0.2) is 23.1 Å². The highest BCUT2D eigenvalue weighted by atomic mass is 16.5. The number of nitrogens with one attached hydrogen (secondary N) is 2. The normalized spacial score (nSPS) is 14.0. The molecule has 3 rings (SSSR count). The molecule has 0 unspecified atom stereocenters. The molecule has 0 radical (unpaired) electrons. The van der Waals surface area contributed by atoms with E-state index in [0.717, 1.165) is 18.7 Å². The zero-order chi connectivity index (χ0) is 14.7. The predicted octanol–water partition coefficient (Wildman–Crippen LogP) is 1.49. The third-order valence-electron chi connectivity index (χ3n) is 3.60. The number of rotatable bonds is 5. The van der Waals surface area contributed by atoms with E-state index in [2.05, 4.69) is 45.0 Å². The van der Waals surface area contributed by atoms with Gasteiger partial charge in [-0.2, -0.15) is 0 Å². The molecule has 1 aromatic carbocycles. The molecule has 0 saturated heterocycles. The third kappa shape index (κ3) is 3.12. The van der Waals surface area contributed by atoms with Crippen LogP contribution in [0.1, 0.15) is 17.0 Å². The second kappa shape index (κ2) is 6.07. The highest BCUT2D eigenvalue weighted by molar-refractivity contribution is 5.49. The number of hydrogen-bond donors (Lipinski definition) is 3. The maximum Gasteiger partial charge on any atom is 0.158 e. The summed E-state index contributed by atoms with van der Waals surface area (Å²) in [5.41, 5.74) is 5.36. The van der Waals surface area contributed by atoms with E-state index < -0.39 is 0 Å². The quantitative estimate of drug-likeness (QED) is 0.570. The summed E-state index contributed by atoms with van der Waals surface area (Å²) in [7, 11) is 1.62. The van der Waals surface area contributed by atoms with Gasteiger partial charge in [-0.25, -0.2) is 15.8 Å². The molecule has 2 aromatic rings. The molecule has 1 aliphatic carbocycles. The Morgan fingerprint density at radius 1 is 1.19 bits per heavy atom. The largest absolute Gasteiger partial charge is 0.377 e. The molecule has 0 fully saturated rings. The van der Waals surface area contributed by atoms with Crippen LogP contribution < -0.4 is 16.6 Å². The lowest BCUT2D eigenvalue weighted by atomic mass is 10.1. The number of nitrogens with two attached hydrogens (primary N) is 1. The monoisotopic (exact) mass is 285 g/mol. The van der Waals surface area contributed by atoms with E-state index >= 15 is 0 Å². The van der Waals surface area contributed by atoms with Gasteiger partial charge in [0, 0.05) is 19.2 Å². The molecule has 21 heavy (non-hydrogen) atoms. The van der Waals surface area contributed by atoms with Crippen LogP contribution >= 0.6 is 0 Å². The summed E-state index contributed by atoms with van der Waals surface area (Å²) in [4.78, 5) is 8.70. The summed E-state index contributed by atoms with van der Waals surface area (Å²) in [6.45, 7) is 0.356. The number of fused-ring (bicyclic) bond motifs is 1. The zero-order valence-electron chi connectivity index (χ0n) is 12.0. The van der Waals surface area contributed by atoms with Crippen molar-refractivity contribution in [1.29, 1.82) is 0 Å². The van der Waals surface area contributed by atoms with E-state index in [9.17, 15) is 0 Å². The van der Waals surface area contributed by atoms with Crippen LogP contribution in [0.15, 0.2) is 30.3 Å². The Kier molecular flexibility index (Phi) is 3.98. The maximum atomic E-state index is 5.45. The van der Waals surface area contributed by atoms with E-state index in [4.69, 9.17) is 10.6 Å². The van der Waals surface area contributed by atoms with Crippen LogP contribution in [0.4, 0.5) is 11.6 Å². The SMILES string of the molecule is COCc1nc(NN)cc(NC2Cc3ccccc3C2)n1. The van der Waals surface area contributed by atoms with Gasteiger partial charge in [-0.1, -0.05) is 24.3 Å². The zero-order valence-corrected chi connectivity index (χ0v) is 12.0. The van der Waals surface area contributed by atoms with Crippen LogP contribution in [0, 0.1) is 0 Å². The van der Waals surface area contributed by atoms with Gasteiger partial charge in [0.25, 0.3) is 0 Å². The highest BCUT2D eigenvalue weighted by Gasteiger charge is 2.21. The van der Waals surface area contributed by atoms with Crippen molar-refractivity contribution in [3.8, 4) is 0 Å². The van der Waals surface area contributed by atoms with E-state index in [1.54, 1.807) is 7.11 Å². The first-order chi connectivity index (χ1) is 10.3. The number of ether oxygens (including phenoxy) is 1. The van der Waals surface area contributed by atoms with Crippen LogP contribution in [0.3, 0.4) is 0 Å². The molecule has 1 aliphatic rings. The van der Waals surface area contributed by atoms with Crippen molar-refractivity contribution < 1.29 is 4.74 Å². The van der Waals surface area contributed by atoms with Crippen molar-refractivity contribution in [2.75, 3.05) is 17.9 Å². The first-order valence-corrected chi connectivity index (χ1v) is 6.95. The lowest BCUT2D eigenvalue weighted by Crippen LogP contribution is -2.21. The van der Waals surface area contributed by atoms with Crippen molar-refractivity contribution in [2.24, 2.45) is 5.84 Å². The number of nitrogens with zero attached hydrogens (tertiary/aromatic N) is 2. The fourth-order valence-corrected chi connectivity index (χ4v) is 2.71.